The molecule has 0 aliphatic carbocycles. The van der Waals surface area contributed by atoms with Gasteiger partial charge in [-0.25, -0.2) is 0 Å². The molecule has 0 bridgehead atoms. The highest BCUT2D eigenvalue weighted by Crippen LogP contribution is 2.10. The highest BCUT2D eigenvalue weighted by Gasteiger charge is 2.10. The van der Waals surface area contributed by atoms with Crippen molar-refractivity contribution in [3.05, 3.63) is 35.9 Å². The number of amides is 1. The zero-order chi connectivity index (χ0) is 12.0. The lowest BCUT2D eigenvalue weighted by atomic mass is 10.1. The molecular weight excluding hydrogens is 266 g/mol. The van der Waals surface area contributed by atoms with E-state index in [0.717, 1.165) is 5.56 Å². The van der Waals surface area contributed by atoms with E-state index in [1.165, 1.54) is 0 Å². The first-order valence-corrected chi connectivity index (χ1v) is 6.46. The number of hydrogen-bond donors (Lipinski definition) is 1. The van der Waals surface area contributed by atoms with Gasteiger partial charge < -0.3 is 5.32 Å². The van der Waals surface area contributed by atoms with Gasteiger partial charge in [-0.3, -0.25) is 4.79 Å². The van der Waals surface area contributed by atoms with E-state index in [2.05, 4.69) is 35.1 Å². The Balaban J connectivity index is 2.32. The molecule has 0 aliphatic rings. The van der Waals surface area contributed by atoms with Crippen molar-refractivity contribution in [3.63, 3.8) is 0 Å². The number of nitrogens with one attached hydrogen (secondary N) is 1. The van der Waals surface area contributed by atoms with Crippen molar-refractivity contribution in [1.82, 2.24) is 5.32 Å². The summed E-state index contributed by atoms with van der Waals surface area (Å²) < 4.78 is 0. The summed E-state index contributed by atoms with van der Waals surface area (Å²) in [6.07, 6.45) is 0.457. The summed E-state index contributed by atoms with van der Waals surface area (Å²) >= 11 is 3.54. The lowest BCUT2D eigenvalue weighted by Crippen LogP contribution is -2.32. The van der Waals surface area contributed by atoms with Gasteiger partial charge in [0.25, 0.3) is 0 Å². The van der Waals surface area contributed by atoms with Crippen LogP contribution in [0.3, 0.4) is 0 Å². The topological polar surface area (TPSA) is 29.1 Å². The summed E-state index contributed by atoms with van der Waals surface area (Å²) in [4.78, 5) is 11.9. The summed E-state index contributed by atoms with van der Waals surface area (Å²) in [6, 6.07) is 9.78. The molecule has 1 aromatic carbocycles. The van der Waals surface area contributed by atoms with Gasteiger partial charge in [-0.2, -0.15) is 0 Å². The fraction of sp³-hybridized carbons (Fsp3) is 0.462. The second-order valence-electron chi connectivity index (χ2n) is 4.23. The second-order valence-corrected chi connectivity index (χ2v) is 5.40. The first-order valence-electron chi connectivity index (χ1n) is 5.54. The summed E-state index contributed by atoms with van der Waals surface area (Å²) in [7, 11) is 0. The summed E-state index contributed by atoms with van der Waals surface area (Å²) in [5.74, 6) is 0.605. The number of benzene rings is 1. The average molecular weight is 284 g/mol. The van der Waals surface area contributed by atoms with Gasteiger partial charge in [-0.1, -0.05) is 60.1 Å². The van der Waals surface area contributed by atoms with Crippen LogP contribution in [0.2, 0.25) is 0 Å². The molecule has 0 saturated carbocycles. The van der Waals surface area contributed by atoms with E-state index in [4.69, 9.17) is 0 Å². The van der Waals surface area contributed by atoms with Gasteiger partial charge in [0.2, 0.25) is 5.91 Å². The molecule has 0 spiro atoms. The average Bonchev–Trinajstić information content (AvgIpc) is 2.27. The van der Waals surface area contributed by atoms with Crippen molar-refractivity contribution < 1.29 is 4.79 Å². The standard InChI is InChI=1S/C13H18BrNO/c1-10(2)12(14)9-15-13(16)8-11-6-4-3-5-7-11/h3-7,10,12H,8-9H2,1-2H3,(H,15,16). The van der Waals surface area contributed by atoms with Crippen molar-refractivity contribution >= 4 is 21.8 Å². The van der Waals surface area contributed by atoms with Crippen LogP contribution in [0, 0.1) is 5.92 Å². The van der Waals surface area contributed by atoms with E-state index in [1.54, 1.807) is 0 Å². The first-order chi connectivity index (χ1) is 7.59. The van der Waals surface area contributed by atoms with Crippen molar-refractivity contribution in [2.75, 3.05) is 6.54 Å². The Kier molecular flexibility index (Phi) is 5.53. The third kappa shape index (κ3) is 4.79. The monoisotopic (exact) mass is 283 g/mol. The third-order valence-electron chi connectivity index (χ3n) is 2.43. The Morgan fingerprint density at radius 2 is 1.94 bits per heavy atom. The number of carbonyl (C=O) groups excluding carboxylic acids is 1. The van der Waals surface area contributed by atoms with Crippen molar-refractivity contribution in [2.24, 2.45) is 5.92 Å². The van der Waals surface area contributed by atoms with E-state index in [-0.39, 0.29) is 5.91 Å². The molecule has 3 heteroatoms. The Hall–Kier alpha value is -0.830. The third-order valence-corrected chi connectivity index (χ3v) is 3.81. The zero-order valence-corrected chi connectivity index (χ0v) is 11.3. The quantitative estimate of drug-likeness (QED) is 0.828. The molecule has 0 aliphatic heterocycles. The van der Waals surface area contributed by atoms with Crippen molar-refractivity contribution in [1.29, 1.82) is 0 Å². The molecule has 1 N–H and O–H groups in total. The predicted octanol–water partition coefficient (Wildman–Crippen LogP) is 2.76. The van der Waals surface area contributed by atoms with E-state index in [9.17, 15) is 4.79 Å². The predicted molar refractivity (Wildman–Crippen MR) is 70.7 cm³/mol. The minimum Gasteiger partial charge on any atom is -0.355 e. The molecular formula is C13H18BrNO. The molecule has 1 rings (SSSR count). The maximum absolute atomic E-state index is 11.6. The number of rotatable bonds is 5. The summed E-state index contributed by atoms with van der Waals surface area (Å²) in [6.45, 7) is 4.94. The molecule has 0 radical (unpaired) electrons. The molecule has 16 heavy (non-hydrogen) atoms. The molecule has 1 atom stereocenters. The number of hydrogen-bond acceptors (Lipinski definition) is 1. The molecule has 1 aromatic rings. The minimum atomic E-state index is 0.0799. The van der Waals surface area contributed by atoms with Gasteiger partial charge in [-0.05, 0) is 11.5 Å². The van der Waals surface area contributed by atoms with Gasteiger partial charge >= 0.3 is 0 Å². The van der Waals surface area contributed by atoms with Gasteiger partial charge in [0.05, 0.1) is 6.42 Å². The van der Waals surface area contributed by atoms with Crippen LogP contribution in [0.1, 0.15) is 19.4 Å². The molecule has 88 valence electrons. The van der Waals surface area contributed by atoms with Gasteiger partial charge in [0.15, 0.2) is 0 Å². The largest absolute Gasteiger partial charge is 0.355 e. The van der Waals surface area contributed by atoms with Crippen LogP contribution in [-0.4, -0.2) is 17.3 Å². The second kappa shape index (κ2) is 6.69. The fourth-order valence-electron chi connectivity index (χ4n) is 1.29. The van der Waals surface area contributed by atoms with Crippen LogP contribution in [0.15, 0.2) is 30.3 Å². The highest BCUT2D eigenvalue weighted by atomic mass is 79.9. The Labute approximate surface area is 106 Å². The highest BCUT2D eigenvalue weighted by molar-refractivity contribution is 9.09. The minimum absolute atomic E-state index is 0.0799. The molecule has 0 fully saturated rings. The van der Waals surface area contributed by atoms with Crippen LogP contribution < -0.4 is 5.32 Å². The fourth-order valence-corrected chi connectivity index (χ4v) is 1.45. The van der Waals surface area contributed by atoms with Gasteiger partial charge in [-0.15, -0.1) is 0 Å². The maximum atomic E-state index is 11.6. The van der Waals surface area contributed by atoms with Gasteiger partial charge in [0, 0.05) is 11.4 Å². The Bertz CT molecular complexity index is 324. The molecule has 1 unspecified atom stereocenters. The Morgan fingerprint density at radius 3 is 2.50 bits per heavy atom. The van der Waals surface area contributed by atoms with Crippen LogP contribution >= 0.6 is 15.9 Å². The Morgan fingerprint density at radius 1 is 1.31 bits per heavy atom. The van der Waals surface area contributed by atoms with Crippen molar-refractivity contribution in [3.8, 4) is 0 Å². The van der Waals surface area contributed by atoms with Crippen LogP contribution in [0.25, 0.3) is 0 Å². The smallest absolute Gasteiger partial charge is 0.224 e. The maximum Gasteiger partial charge on any atom is 0.224 e. The molecule has 0 saturated heterocycles. The lowest BCUT2D eigenvalue weighted by Gasteiger charge is -2.14. The van der Waals surface area contributed by atoms with E-state index in [0.29, 0.717) is 23.7 Å². The van der Waals surface area contributed by atoms with Crippen LogP contribution in [-0.2, 0) is 11.2 Å². The zero-order valence-electron chi connectivity index (χ0n) is 9.74. The van der Waals surface area contributed by atoms with Crippen molar-refractivity contribution in [2.45, 2.75) is 25.1 Å². The van der Waals surface area contributed by atoms with E-state index < -0.39 is 0 Å². The normalized spacial score (nSPS) is 12.5. The first kappa shape index (κ1) is 13.2. The van der Waals surface area contributed by atoms with E-state index in [1.807, 2.05) is 30.3 Å². The molecule has 2 nitrogen and oxygen atoms in total. The molecule has 1 amide bonds. The summed E-state index contributed by atoms with van der Waals surface area (Å²) in [5, 5.41) is 2.93. The number of carbonyl (C=O) groups is 1. The van der Waals surface area contributed by atoms with Gasteiger partial charge in [0.1, 0.15) is 0 Å². The number of alkyl halides is 1. The molecule has 0 heterocycles. The van der Waals surface area contributed by atoms with Crippen LogP contribution in [0.4, 0.5) is 0 Å². The SMILES string of the molecule is CC(C)C(Br)CNC(=O)Cc1ccccc1. The lowest BCUT2D eigenvalue weighted by molar-refractivity contribution is -0.120. The molecule has 0 aromatic heterocycles. The summed E-state index contributed by atoms with van der Waals surface area (Å²) in [5.41, 5.74) is 1.05. The van der Waals surface area contributed by atoms with Crippen LogP contribution in [0.5, 0.6) is 0 Å². The van der Waals surface area contributed by atoms with E-state index >= 15 is 0 Å². The number of halogens is 1.